The molecule has 1 aromatic carbocycles. The van der Waals surface area contributed by atoms with Crippen LogP contribution in [0.3, 0.4) is 0 Å². The van der Waals surface area contributed by atoms with Gasteiger partial charge in [0, 0.05) is 34.5 Å². The summed E-state index contributed by atoms with van der Waals surface area (Å²) in [7, 11) is 0. The number of benzene rings is 1. The molecule has 0 saturated heterocycles. The smallest absolute Gasteiger partial charge is 0.0467 e. The molecule has 2 rings (SSSR count). The Bertz CT molecular complexity index is 356. The molecular weight excluding hydrogens is 297 g/mol. The number of hydrogen-bond acceptors (Lipinski definition) is 1. The third-order valence-corrected chi connectivity index (χ3v) is 3.77. The first-order valence-electron chi connectivity index (χ1n) is 4.93. The fraction of sp³-hybridized carbons (Fsp3) is 0.455. The molecule has 1 heterocycles. The first kappa shape index (κ1) is 11.6. The number of nitrogens with zero attached hydrogens (tertiary/aromatic N) is 1. The average molecular weight is 309 g/mol. The fourth-order valence-electron chi connectivity index (χ4n) is 2.09. The molecule has 0 amide bonds. The maximum atomic E-state index is 5.97. The summed E-state index contributed by atoms with van der Waals surface area (Å²) in [6, 6.07) is 6.77. The Labute approximate surface area is 108 Å². The summed E-state index contributed by atoms with van der Waals surface area (Å²) in [5.41, 5.74) is 2.64. The SMILES string of the molecule is ClCCN1c2ccc(Br)cc2CC1CCl. The van der Waals surface area contributed by atoms with E-state index in [1.54, 1.807) is 0 Å². The fourth-order valence-corrected chi connectivity index (χ4v) is 2.96. The van der Waals surface area contributed by atoms with Gasteiger partial charge in [0.15, 0.2) is 0 Å². The summed E-state index contributed by atoms with van der Waals surface area (Å²) >= 11 is 15.3. The molecule has 1 atom stereocenters. The van der Waals surface area contributed by atoms with Crippen molar-refractivity contribution in [2.24, 2.45) is 0 Å². The molecule has 0 fully saturated rings. The molecule has 1 unspecified atom stereocenters. The van der Waals surface area contributed by atoms with Crippen LogP contribution in [0.1, 0.15) is 5.56 Å². The van der Waals surface area contributed by atoms with Crippen LogP contribution in [0.4, 0.5) is 5.69 Å². The second-order valence-corrected chi connectivity index (χ2v) is 5.27. The van der Waals surface area contributed by atoms with E-state index in [0.29, 0.717) is 17.8 Å². The van der Waals surface area contributed by atoms with Crippen molar-refractivity contribution in [3.8, 4) is 0 Å². The maximum Gasteiger partial charge on any atom is 0.0467 e. The number of fused-ring (bicyclic) bond motifs is 1. The van der Waals surface area contributed by atoms with E-state index in [-0.39, 0.29) is 0 Å². The van der Waals surface area contributed by atoms with Crippen molar-refractivity contribution < 1.29 is 0 Å². The second-order valence-electron chi connectivity index (χ2n) is 3.67. The zero-order valence-corrected chi connectivity index (χ0v) is 11.3. The predicted molar refractivity (Wildman–Crippen MR) is 70.4 cm³/mol. The van der Waals surface area contributed by atoms with Crippen molar-refractivity contribution >= 4 is 44.8 Å². The Morgan fingerprint density at radius 3 is 2.87 bits per heavy atom. The van der Waals surface area contributed by atoms with Crippen LogP contribution in [0.2, 0.25) is 0 Å². The predicted octanol–water partition coefficient (Wildman–Crippen LogP) is 3.66. The van der Waals surface area contributed by atoms with Crippen LogP contribution >= 0.6 is 39.1 Å². The molecule has 82 valence electrons. The van der Waals surface area contributed by atoms with Gasteiger partial charge >= 0.3 is 0 Å². The Morgan fingerprint density at radius 2 is 2.20 bits per heavy atom. The minimum atomic E-state index is 0.398. The molecule has 0 saturated carbocycles. The first-order chi connectivity index (χ1) is 7.26. The zero-order valence-electron chi connectivity index (χ0n) is 8.22. The molecule has 4 heteroatoms. The highest BCUT2D eigenvalue weighted by Crippen LogP contribution is 2.34. The molecule has 0 N–H and O–H groups in total. The third kappa shape index (κ3) is 2.27. The molecule has 1 aromatic rings. The van der Waals surface area contributed by atoms with E-state index >= 15 is 0 Å². The minimum absolute atomic E-state index is 0.398. The molecule has 0 aromatic heterocycles. The number of alkyl halides is 2. The van der Waals surface area contributed by atoms with Gasteiger partial charge in [0.25, 0.3) is 0 Å². The molecule has 1 nitrogen and oxygen atoms in total. The van der Waals surface area contributed by atoms with Gasteiger partial charge in [-0.15, -0.1) is 23.2 Å². The Balaban J connectivity index is 2.31. The molecule has 0 bridgehead atoms. The number of hydrogen-bond donors (Lipinski definition) is 0. The summed E-state index contributed by atoms with van der Waals surface area (Å²) in [6.07, 6.45) is 1.02. The number of halogens is 3. The lowest BCUT2D eigenvalue weighted by atomic mass is 10.1. The quantitative estimate of drug-likeness (QED) is 0.770. The van der Waals surface area contributed by atoms with E-state index in [4.69, 9.17) is 23.2 Å². The van der Waals surface area contributed by atoms with E-state index < -0.39 is 0 Å². The number of rotatable bonds is 3. The van der Waals surface area contributed by atoms with E-state index in [9.17, 15) is 0 Å². The highest BCUT2D eigenvalue weighted by molar-refractivity contribution is 9.10. The van der Waals surface area contributed by atoms with Crippen LogP contribution in [0.15, 0.2) is 22.7 Å². The molecule has 1 aliphatic heterocycles. The van der Waals surface area contributed by atoms with E-state index in [0.717, 1.165) is 17.4 Å². The average Bonchev–Trinajstić information content (AvgIpc) is 2.56. The zero-order chi connectivity index (χ0) is 10.8. The maximum absolute atomic E-state index is 5.97. The van der Waals surface area contributed by atoms with Gasteiger partial charge in [-0.25, -0.2) is 0 Å². The topological polar surface area (TPSA) is 3.24 Å². The highest BCUT2D eigenvalue weighted by Gasteiger charge is 2.27. The van der Waals surface area contributed by atoms with Gasteiger partial charge in [0.2, 0.25) is 0 Å². The highest BCUT2D eigenvalue weighted by atomic mass is 79.9. The molecular formula is C11H12BrCl2N. The van der Waals surface area contributed by atoms with Crippen LogP contribution < -0.4 is 4.90 Å². The summed E-state index contributed by atoms with van der Waals surface area (Å²) in [6.45, 7) is 0.869. The lowest BCUT2D eigenvalue weighted by Gasteiger charge is -2.25. The summed E-state index contributed by atoms with van der Waals surface area (Å²) < 4.78 is 1.13. The van der Waals surface area contributed by atoms with Crippen molar-refractivity contribution in [1.82, 2.24) is 0 Å². The third-order valence-electron chi connectivity index (χ3n) is 2.75. The summed E-state index contributed by atoms with van der Waals surface area (Å²) in [5, 5.41) is 0. The lowest BCUT2D eigenvalue weighted by molar-refractivity contribution is 0.698. The van der Waals surface area contributed by atoms with Gasteiger partial charge < -0.3 is 4.90 Å². The van der Waals surface area contributed by atoms with E-state index in [1.165, 1.54) is 11.3 Å². The van der Waals surface area contributed by atoms with Crippen LogP contribution in [0.25, 0.3) is 0 Å². The molecule has 1 aliphatic rings. The van der Waals surface area contributed by atoms with Crippen molar-refractivity contribution in [1.29, 1.82) is 0 Å². The van der Waals surface area contributed by atoms with Crippen molar-refractivity contribution in [2.45, 2.75) is 12.5 Å². The summed E-state index contributed by atoms with van der Waals surface area (Å²) in [5.74, 6) is 1.30. The molecule has 15 heavy (non-hydrogen) atoms. The van der Waals surface area contributed by atoms with Crippen LogP contribution in [-0.2, 0) is 6.42 Å². The summed E-state index contributed by atoms with van der Waals surface area (Å²) in [4.78, 5) is 2.31. The van der Waals surface area contributed by atoms with Crippen molar-refractivity contribution in [3.63, 3.8) is 0 Å². The Kier molecular flexibility index (Phi) is 3.81. The van der Waals surface area contributed by atoms with Gasteiger partial charge in [-0.05, 0) is 30.2 Å². The minimum Gasteiger partial charge on any atom is -0.366 e. The molecule has 0 spiro atoms. The standard InChI is InChI=1S/C11H12BrCl2N/c12-9-1-2-11-8(5-9)6-10(7-14)15(11)4-3-13/h1-2,5,10H,3-4,6-7H2. The van der Waals surface area contributed by atoms with Crippen molar-refractivity contribution in [3.05, 3.63) is 28.2 Å². The first-order valence-corrected chi connectivity index (χ1v) is 6.79. The number of anilines is 1. The molecule has 0 radical (unpaired) electrons. The van der Waals surface area contributed by atoms with Crippen molar-refractivity contribution in [2.75, 3.05) is 23.2 Å². The van der Waals surface area contributed by atoms with Crippen LogP contribution in [0.5, 0.6) is 0 Å². The largest absolute Gasteiger partial charge is 0.366 e. The van der Waals surface area contributed by atoms with Gasteiger partial charge in [-0.3, -0.25) is 0 Å². The second kappa shape index (κ2) is 4.94. The Morgan fingerprint density at radius 1 is 1.40 bits per heavy atom. The van der Waals surface area contributed by atoms with Crippen LogP contribution in [-0.4, -0.2) is 24.3 Å². The van der Waals surface area contributed by atoms with Gasteiger partial charge in [-0.2, -0.15) is 0 Å². The molecule has 0 aliphatic carbocycles. The lowest BCUT2D eigenvalue weighted by Crippen LogP contribution is -2.34. The normalized spacial score (nSPS) is 19.4. The van der Waals surface area contributed by atoms with Gasteiger partial charge in [0.1, 0.15) is 0 Å². The van der Waals surface area contributed by atoms with E-state index in [1.807, 2.05) is 0 Å². The monoisotopic (exact) mass is 307 g/mol. The van der Waals surface area contributed by atoms with Gasteiger partial charge in [0.05, 0.1) is 0 Å². The Hall–Kier alpha value is 0.0800. The van der Waals surface area contributed by atoms with E-state index in [2.05, 4.69) is 39.0 Å². The van der Waals surface area contributed by atoms with Crippen LogP contribution in [0, 0.1) is 0 Å². The van der Waals surface area contributed by atoms with Gasteiger partial charge in [-0.1, -0.05) is 15.9 Å².